The van der Waals surface area contributed by atoms with Gasteiger partial charge in [-0.1, -0.05) is 12.1 Å². The normalized spacial score (nSPS) is 14.4. The fraction of sp³-hybridized carbons (Fsp3) is 0.524. The molecule has 7 nitrogen and oxygen atoms in total. The highest BCUT2D eigenvalue weighted by Gasteiger charge is 2.20. The topological polar surface area (TPSA) is 72.7 Å². The highest BCUT2D eigenvalue weighted by Crippen LogP contribution is 2.35. The molecule has 0 radical (unpaired) electrons. The summed E-state index contributed by atoms with van der Waals surface area (Å²) in [5, 5.41) is 6.19. The third-order valence-corrected chi connectivity index (χ3v) is 4.99. The lowest BCUT2D eigenvalue weighted by Gasteiger charge is -2.19. The quantitative estimate of drug-likeness (QED) is 0.274. The molecule has 1 aromatic carbocycles. The highest BCUT2D eigenvalue weighted by atomic mass is 127. The van der Waals surface area contributed by atoms with Gasteiger partial charge >= 0.3 is 6.55 Å². The Labute approximate surface area is 198 Å². The highest BCUT2D eigenvalue weighted by molar-refractivity contribution is 14.0. The van der Waals surface area contributed by atoms with Gasteiger partial charge in [0, 0.05) is 24.5 Å². The van der Waals surface area contributed by atoms with Crippen molar-refractivity contribution in [3.05, 3.63) is 42.0 Å². The molecule has 0 unspecified atom stereocenters. The summed E-state index contributed by atoms with van der Waals surface area (Å²) >= 11 is 0. The van der Waals surface area contributed by atoms with Crippen LogP contribution in [0.2, 0.25) is 0 Å². The second kappa shape index (κ2) is 12.7. The van der Waals surface area contributed by atoms with Crippen molar-refractivity contribution in [2.45, 2.75) is 58.3 Å². The Kier molecular flexibility index (Phi) is 10.3. The van der Waals surface area contributed by atoms with E-state index in [1.54, 1.807) is 7.11 Å². The van der Waals surface area contributed by atoms with Gasteiger partial charge in [-0.2, -0.15) is 8.78 Å². The molecule has 3 rings (SSSR count). The second-order valence-corrected chi connectivity index (χ2v) is 7.05. The van der Waals surface area contributed by atoms with Crippen LogP contribution in [-0.2, 0) is 13.1 Å². The smallest absolute Gasteiger partial charge is 0.319 e. The minimum Gasteiger partial charge on any atom is -0.493 e. The van der Waals surface area contributed by atoms with Crippen LogP contribution in [0.4, 0.5) is 8.78 Å². The number of aromatic nitrogens is 2. The zero-order valence-corrected chi connectivity index (χ0v) is 20.1. The molecule has 0 bridgehead atoms. The van der Waals surface area contributed by atoms with Gasteiger partial charge in [-0.25, -0.2) is 9.98 Å². The van der Waals surface area contributed by atoms with Gasteiger partial charge in [0.25, 0.3) is 0 Å². The number of imidazole rings is 1. The molecule has 1 aliphatic rings. The van der Waals surface area contributed by atoms with E-state index >= 15 is 0 Å². The predicted molar refractivity (Wildman–Crippen MR) is 126 cm³/mol. The zero-order valence-electron chi connectivity index (χ0n) is 17.8. The molecule has 0 aliphatic heterocycles. The molecule has 0 spiro atoms. The number of hydrogen-bond acceptors (Lipinski definition) is 4. The fourth-order valence-corrected chi connectivity index (χ4v) is 3.48. The van der Waals surface area contributed by atoms with Gasteiger partial charge < -0.3 is 20.1 Å². The Bertz CT molecular complexity index is 841. The minimum absolute atomic E-state index is 0. The first-order valence-corrected chi connectivity index (χ1v) is 10.3. The van der Waals surface area contributed by atoms with Gasteiger partial charge in [0.1, 0.15) is 5.82 Å². The number of guanidine groups is 1. The van der Waals surface area contributed by atoms with E-state index in [0.29, 0.717) is 24.8 Å². The van der Waals surface area contributed by atoms with E-state index in [2.05, 4.69) is 20.6 Å². The largest absolute Gasteiger partial charge is 0.493 e. The number of ether oxygens (including phenoxy) is 2. The first kappa shape index (κ1) is 25.2. The molecule has 1 fully saturated rings. The van der Waals surface area contributed by atoms with Gasteiger partial charge in [0.15, 0.2) is 17.5 Å². The number of benzene rings is 1. The lowest BCUT2D eigenvalue weighted by molar-refractivity contribution is 0.0668. The number of nitrogens with one attached hydrogen (secondary N) is 2. The molecule has 0 saturated heterocycles. The molecule has 2 N–H and O–H groups in total. The summed E-state index contributed by atoms with van der Waals surface area (Å²) in [5.41, 5.74) is 0.910. The van der Waals surface area contributed by atoms with Crippen LogP contribution in [0, 0.1) is 0 Å². The van der Waals surface area contributed by atoms with Crippen molar-refractivity contribution in [3.8, 4) is 11.5 Å². The van der Waals surface area contributed by atoms with Crippen LogP contribution in [0.3, 0.4) is 0 Å². The monoisotopic (exact) mass is 549 g/mol. The summed E-state index contributed by atoms with van der Waals surface area (Å²) < 4.78 is 38.6. The number of para-hydroxylation sites is 1. The molecule has 0 amide bonds. The summed E-state index contributed by atoms with van der Waals surface area (Å²) in [5.74, 6) is 2.16. The summed E-state index contributed by atoms with van der Waals surface area (Å²) in [6.45, 7) is 0.441. The molecule has 1 heterocycles. The summed E-state index contributed by atoms with van der Waals surface area (Å²) in [4.78, 5) is 8.59. The number of alkyl halides is 2. The number of rotatable bonds is 9. The predicted octanol–water partition coefficient (Wildman–Crippen LogP) is 4.48. The minimum atomic E-state index is -2.63. The average Bonchev–Trinajstić information content (AvgIpc) is 3.42. The van der Waals surface area contributed by atoms with Crippen molar-refractivity contribution >= 4 is 29.9 Å². The van der Waals surface area contributed by atoms with Crippen molar-refractivity contribution in [2.75, 3.05) is 13.7 Å². The van der Waals surface area contributed by atoms with Crippen molar-refractivity contribution in [1.29, 1.82) is 0 Å². The second-order valence-electron chi connectivity index (χ2n) is 7.05. The van der Waals surface area contributed by atoms with E-state index in [4.69, 9.17) is 9.47 Å². The van der Waals surface area contributed by atoms with Gasteiger partial charge in [-0.05, 0) is 38.7 Å². The zero-order chi connectivity index (χ0) is 21.3. The van der Waals surface area contributed by atoms with Crippen LogP contribution >= 0.6 is 24.0 Å². The third-order valence-electron chi connectivity index (χ3n) is 4.99. The van der Waals surface area contributed by atoms with Crippen molar-refractivity contribution in [1.82, 2.24) is 20.2 Å². The third kappa shape index (κ3) is 6.94. The molecule has 2 aromatic rings. The SMILES string of the molecule is CCNC(=NCc1cccc(OC)c1OC1CCCC1)NCc1nccn1C(F)F.I. The summed E-state index contributed by atoms with van der Waals surface area (Å²) in [7, 11) is 1.63. The summed E-state index contributed by atoms with van der Waals surface area (Å²) in [6, 6.07) is 5.75. The molecular formula is C21H30F2IN5O2. The number of hydrogen-bond donors (Lipinski definition) is 2. The van der Waals surface area contributed by atoms with Gasteiger partial charge in [0.05, 0.1) is 26.3 Å². The molecule has 0 atom stereocenters. The Morgan fingerprint density at radius 3 is 2.74 bits per heavy atom. The maximum Gasteiger partial charge on any atom is 0.319 e. The molecule has 1 aliphatic carbocycles. The van der Waals surface area contributed by atoms with E-state index in [0.717, 1.165) is 28.7 Å². The molecule has 1 aromatic heterocycles. The molecule has 10 heteroatoms. The van der Waals surface area contributed by atoms with Crippen molar-refractivity contribution < 1.29 is 18.3 Å². The van der Waals surface area contributed by atoms with E-state index in [9.17, 15) is 8.78 Å². The lowest BCUT2D eigenvalue weighted by atomic mass is 10.1. The average molecular weight is 549 g/mol. The first-order chi connectivity index (χ1) is 14.6. The van der Waals surface area contributed by atoms with Crippen molar-refractivity contribution in [3.63, 3.8) is 0 Å². The Hall–Kier alpha value is -2.11. The van der Waals surface area contributed by atoms with Gasteiger partial charge in [-0.3, -0.25) is 4.57 Å². The molecule has 1 saturated carbocycles. The Balaban J connectivity index is 0.00000341. The van der Waals surface area contributed by atoms with E-state index < -0.39 is 6.55 Å². The van der Waals surface area contributed by atoms with E-state index in [1.165, 1.54) is 25.2 Å². The molecule has 172 valence electrons. The number of nitrogens with zero attached hydrogens (tertiary/aromatic N) is 3. The van der Waals surface area contributed by atoms with E-state index in [-0.39, 0.29) is 42.4 Å². The standard InChI is InChI=1S/C21H29F2N5O2.HI/c1-3-24-21(27-14-18-25-11-12-28(18)20(22)23)26-13-15-7-6-10-17(29-2)19(15)30-16-8-4-5-9-16;/h6-7,10-12,16,20H,3-5,8-9,13-14H2,1-2H3,(H2,24,26,27);1H. The van der Waals surface area contributed by atoms with Crippen LogP contribution in [0.5, 0.6) is 11.5 Å². The molecular weight excluding hydrogens is 519 g/mol. The Morgan fingerprint density at radius 1 is 1.29 bits per heavy atom. The summed E-state index contributed by atoms with van der Waals surface area (Å²) in [6.07, 6.45) is 7.25. The lowest BCUT2D eigenvalue weighted by Crippen LogP contribution is -2.37. The molecule has 31 heavy (non-hydrogen) atoms. The first-order valence-electron chi connectivity index (χ1n) is 10.3. The van der Waals surface area contributed by atoms with E-state index in [1.807, 2.05) is 25.1 Å². The van der Waals surface area contributed by atoms with Crippen LogP contribution in [0.15, 0.2) is 35.6 Å². The van der Waals surface area contributed by atoms with Crippen LogP contribution < -0.4 is 20.1 Å². The number of aliphatic imine (C=N–C) groups is 1. The number of halogens is 3. The Morgan fingerprint density at radius 2 is 2.06 bits per heavy atom. The van der Waals surface area contributed by atoms with Crippen LogP contribution in [-0.4, -0.2) is 35.3 Å². The van der Waals surface area contributed by atoms with Gasteiger partial charge in [-0.15, -0.1) is 24.0 Å². The van der Waals surface area contributed by atoms with Crippen LogP contribution in [0.25, 0.3) is 0 Å². The fourth-order valence-electron chi connectivity index (χ4n) is 3.48. The van der Waals surface area contributed by atoms with Crippen molar-refractivity contribution in [2.24, 2.45) is 4.99 Å². The number of methoxy groups -OCH3 is 1. The van der Waals surface area contributed by atoms with Gasteiger partial charge in [0.2, 0.25) is 0 Å². The maximum absolute atomic E-state index is 13.0. The maximum atomic E-state index is 13.0. The van der Waals surface area contributed by atoms with Crippen LogP contribution in [0.1, 0.15) is 50.5 Å².